The predicted octanol–water partition coefficient (Wildman–Crippen LogP) is 2.64. The normalized spacial score (nSPS) is 13.6. The first kappa shape index (κ1) is 14.3. The molecule has 2 aromatic heterocycles. The number of hydrogen-bond acceptors (Lipinski definition) is 4. The van der Waals surface area contributed by atoms with E-state index in [-0.39, 0.29) is 0 Å². The largest absolute Gasteiger partial charge is 0.493 e. The molecule has 0 bridgehead atoms. The highest BCUT2D eigenvalue weighted by molar-refractivity contribution is 5.92. The van der Waals surface area contributed by atoms with Crippen molar-refractivity contribution in [2.45, 2.75) is 25.9 Å². The molecule has 0 radical (unpaired) electrons. The summed E-state index contributed by atoms with van der Waals surface area (Å²) in [4.78, 5) is 15.7. The minimum absolute atomic E-state index is 0.398. The number of esters is 1. The predicted molar refractivity (Wildman–Crippen MR) is 71.8 cm³/mol. The van der Waals surface area contributed by atoms with Crippen molar-refractivity contribution in [3.05, 3.63) is 30.2 Å². The van der Waals surface area contributed by atoms with Crippen molar-refractivity contribution >= 4 is 11.6 Å². The van der Waals surface area contributed by atoms with Gasteiger partial charge in [-0.3, -0.25) is 0 Å². The first-order chi connectivity index (χ1) is 9.65. The zero-order valence-electron chi connectivity index (χ0n) is 11.5. The minimum Gasteiger partial charge on any atom is -0.493 e. The Morgan fingerprint density at radius 3 is 2.80 bits per heavy atom. The van der Waals surface area contributed by atoms with Crippen molar-refractivity contribution in [3.8, 4) is 5.75 Å². The molecule has 1 saturated carbocycles. The van der Waals surface area contributed by atoms with Gasteiger partial charge in [0.05, 0.1) is 13.7 Å². The first-order valence-electron chi connectivity index (χ1n) is 6.47. The summed E-state index contributed by atoms with van der Waals surface area (Å²) in [6, 6.07) is 1.72. The third-order valence-electron chi connectivity index (χ3n) is 2.70. The van der Waals surface area contributed by atoms with Crippen LogP contribution in [0, 0.1) is 0 Å². The fraction of sp³-hybridized carbons (Fsp3) is 0.429. The second-order valence-electron chi connectivity index (χ2n) is 4.34. The molecule has 0 N–H and O–H groups in total. The molecule has 0 atom stereocenters. The maximum atomic E-state index is 11.5. The van der Waals surface area contributed by atoms with Crippen LogP contribution in [0.15, 0.2) is 24.7 Å². The molecule has 108 valence electrons. The Labute approximate surface area is 116 Å². The average molecular weight is 280 g/mol. The molecule has 20 heavy (non-hydrogen) atoms. The van der Waals surface area contributed by atoms with Crippen LogP contribution in [-0.2, 0) is 4.74 Å². The third kappa shape index (κ3) is 3.46. The van der Waals surface area contributed by atoms with Crippen LogP contribution in [0.5, 0.6) is 5.75 Å². The van der Waals surface area contributed by atoms with Crippen LogP contribution in [0.1, 0.15) is 30.1 Å². The zero-order chi connectivity index (χ0) is 14.5. The fourth-order valence-corrected chi connectivity index (χ4v) is 1.54. The van der Waals surface area contributed by atoms with E-state index < -0.39 is 12.1 Å². The van der Waals surface area contributed by atoms with E-state index in [9.17, 15) is 9.18 Å². The summed E-state index contributed by atoms with van der Waals surface area (Å²) < 4.78 is 22.9. The average Bonchev–Trinajstić information content (AvgIpc) is 3.09. The smallest absolute Gasteiger partial charge is 0.343 e. The molecule has 0 saturated heterocycles. The van der Waals surface area contributed by atoms with E-state index in [0.717, 1.165) is 18.5 Å². The molecule has 0 spiro atoms. The van der Waals surface area contributed by atoms with Gasteiger partial charge in [0.25, 0.3) is 0 Å². The molecule has 5 nitrogen and oxygen atoms in total. The Balaban J connectivity index is 0.000000315. The molecule has 2 heterocycles. The molecule has 0 aliphatic heterocycles. The van der Waals surface area contributed by atoms with Gasteiger partial charge in [0, 0.05) is 24.7 Å². The Kier molecular flexibility index (Phi) is 4.55. The molecule has 1 aliphatic carbocycles. The fourth-order valence-electron chi connectivity index (χ4n) is 1.54. The molecule has 1 fully saturated rings. The number of carbonyl (C=O) groups excluding carboxylic acids is 1. The van der Waals surface area contributed by atoms with Crippen molar-refractivity contribution in [1.82, 2.24) is 9.38 Å². The van der Waals surface area contributed by atoms with Crippen molar-refractivity contribution < 1.29 is 18.7 Å². The molecule has 0 amide bonds. The molecule has 0 unspecified atom stereocenters. The van der Waals surface area contributed by atoms with E-state index in [4.69, 9.17) is 9.47 Å². The monoisotopic (exact) mass is 280 g/mol. The van der Waals surface area contributed by atoms with Crippen molar-refractivity contribution in [2.75, 3.05) is 13.7 Å². The van der Waals surface area contributed by atoms with Crippen LogP contribution in [0.3, 0.4) is 0 Å². The summed E-state index contributed by atoms with van der Waals surface area (Å²) in [6.07, 6.45) is 6.29. The summed E-state index contributed by atoms with van der Waals surface area (Å²) >= 11 is 0. The number of imidazole rings is 1. The number of hydrogen-bond donors (Lipinski definition) is 0. The number of nitrogens with zero attached hydrogens (tertiary/aromatic N) is 2. The lowest BCUT2D eigenvalue weighted by molar-refractivity contribution is 0.0595. The number of halogens is 1. The summed E-state index contributed by atoms with van der Waals surface area (Å²) in [7, 11) is 1.34. The van der Waals surface area contributed by atoms with E-state index >= 15 is 0 Å². The number of methoxy groups -OCH3 is 1. The molecule has 6 heteroatoms. The number of fused-ring (bicyclic) bond motifs is 1. The van der Waals surface area contributed by atoms with Gasteiger partial charge in [0.15, 0.2) is 0 Å². The van der Waals surface area contributed by atoms with Gasteiger partial charge in [-0.05, 0) is 19.8 Å². The maximum absolute atomic E-state index is 11.5. The number of carbonyl (C=O) groups is 1. The van der Waals surface area contributed by atoms with Crippen molar-refractivity contribution in [2.24, 2.45) is 0 Å². The van der Waals surface area contributed by atoms with Crippen LogP contribution in [-0.4, -0.2) is 35.2 Å². The van der Waals surface area contributed by atoms with E-state index in [2.05, 4.69) is 4.98 Å². The van der Waals surface area contributed by atoms with Gasteiger partial charge in [-0.1, -0.05) is 0 Å². The molecule has 0 aromatic carbocycles. The van der Waals surface area contributed by atoms with Gasteiger partial charge in [-0.2, -0.15) is 0 Å². The maximum Gasteiger partial charge on any atom is 0.343 e. The number of pyridine rings is 1. The van der Waals surface area contributed by atoms with Crippen LogP contribution in [0.4, 0.5) is 4.39 Å². The first-order valence-corrected chi connectivity index (χ1v) is 6.47. The van der Waals surface area contributed by atoms with Gasteiger partial charge in [0.1, 0.15) is 23.1 Å². The number of aromatic nitrogens is 2. The highest BCUT2D eigenvalue weighted by atomic mass is 19.1. The quantitative estimate of drug-likeness (QED) is 0.811. The SMILES string of the molecule is CCOc1cc2nccn2cc1C(=O)OC.FC1CC1. The van der Waals surface area contributed by atoms with Crippen molar-refractivity contribution in [1.29, 1.82) is 0 Å². The van der Waals surface area contributed by atoms with Gasteiger partial charge in [-0.15, -0.1) is 0 Å². The molecular formula is C14H17FN2O3. The lowest BCUT2D eigenvalue weighted by Crippen LogP contribution is -2.07. The van der Waals surface area contributed by atoms with Gasteiger partial charge in [-0.25, -0.2) is 14.2 Å². The highest BCUT2D eigenvalue weighted by Gasteiger charge is 2.18. The molecule has 1 aliphatic rings. The van der Waals surface area contributed by atoms with Gasteiger partial charge in [0.2, 0.25) is 0 Å². The molecule has 2 aromatic rings. The van der Waals surface area contributed by atoms with E-state index in [1.807, 2.05) is 6.92 Å². The zero-order valence-corrected chi connectivity index (χ0v) is 11.5. The minimum atomic E-state index is -0.418. The lowest BCUT2D eigenvalue weighted by atomic mass is 10.2. The molecular weight excluding hydrogens is 263 g/mol. The van der Waals surface area contributed by atoms with Crippen LogP contribution >= 0.6 is 0 Å². The third-order valence-corrected chi connectivity index (χ3v) is 2.70. The summed E-state index contributed by atoms with van der Waals surface area (Å²) in [6.45, 7) is 2.34. The van der Waals surface area contributed by atoms with E-state index in [0.29, 0.717) is 17.9 Å². The van der Waals surface area contributed by atoms with Gasteiger partial charge >= 0.3 is 5.97 Å². The Bertz CT molecular complexity index is 593. The Hall–Kier alpha value is -2.11. The standard InChI is InChI=1S/C11H12N2O3.C3H5F/c1-3-16-9-6-10-12-4-5-13(10)7-8(9)11(14)15-2;4-3-1-2-3/h4-7H,3H2,1-2H3;3H,1-2H2. The summed E-state index contributed by atoms with van der Waals surface area (Å²) in [5.74, 6) is 0.0760. The number of rotatable bonds is 3. The number of ether oxygens (including phenoxy) is 2. The highest BCUT2D eigenvalue weighted by Crippen LogP contribution is 2.22. The Morgan fingerprint density at radius 2 is 2.25 bits per heavy atom. The molecule has 3 rings (SSSR count). The van der Waals surface area contributed by atoms with Crippen molar-refractivity contribution in [3.63, 3.8) is 0 Å². The second kappa shape index (κ2) is 6.36. The van der Waals surface area contributed by atoms with Crippen LogP contribution < -0.4 is 4.74 Å². The summed E-state index contributed by atoms with van der Waals surface area (Å²) in [5, 5.41) is 0. The van der Waals surface area contributed by atoms with Crippen LogP contribution in [0.2, 0.25) is 0 Å². The number of alkyl halides is 1. The lowest BCUT2D eigenvalue weighted by Gasteiger charge is -2.09. The second-order valence-corrected chi connectivity index (χ2v) is 4.34. The Morgan fingerprint density at radius 1 is 1.55 bits per heavy atom. The summed E-state index contributed by atoms with van der Waals surface area (Å²) in [5.41, 5.74) is 1.13. The van der Waals surface area contributed by atoms with Gasteiger partial charge < -0.3 is 13.9 Å². The topological polar surface area (TPSA) is 52.8 Å². The van der Waals surface area contributed by atoms with E-state index in [1.165, 1.54) is 7.11 Å². The van der Waals surface area contributed by atoms with E-state index in [1.54, 1.807) is 29.1 Å². The van der Waals surface area contributed by atoms with Crippen LogP contribution in [0.25, 0.3) is 5.65 Å².